The van der Waals surface area contributed by atoms with Gasteiger partial charge in [0.05, 0.1) is 12.7 Å². The van der Waals surface area contributed by atoms with Crippen molar-refractivity contribution in [2.24, 2.45) is 0 Å². The van der Waals surface area contributed by atoms with Crippen LogP contribution in [0.5, 0.6) is 0 Å². The van der Waals surface area contributed by atoms with E-state index in [1.54, 1.807) is 6.92 Å². The molecule has 0 fully saturated rings. The number of ether oxygens (including phenoxy) is 2. The number of thiophene rings is 1. The molecule has 0 N–H and O–H groups in total. The second-order valence-electron chi connectivity index (χ2n) is 2.62. The molecule has 0 aromatic carbocycles. The van der Waals surface area contributed by atoms with E-state index in [2.05, 4.69) is 6.58 Å². The lowest BCUT2D eigenvalue weighted by Crippen LogP contribution is -2.17. The molecule has 1 aromatic rings. The zero-order valence-corrected chi connectivity index (χ0v) is 8.75. The lowest BCUT2D eigenvalue weighted by Gasteiger charge is -2.11. The molecule has 1 aromatic heterocycles. The van der Waals surface area contributed by atoms with E-state index < -0.39 is 6.29 Å². The summed E-state index contributed by atoms with van der Waals surface area (Å²) in [5.74, 6) is -0.290. The Balaban J connectivity index is 2.32. The third-order valence-electron chi connectivity index (χ3n) is 1.48. The summed E-state index contributed by atoms with van der Waals surface area (Å²) in [5, 5.41) is 1.92. The van der Waals surface area contributed by atoms with Gasteiger partial charge in [-0.05, 0) is 11.4 Å². The first-order chi connectivity index (χ1) is 6.72. The van der Waals surface area contributed by atoms with Crippen molar-refractivity contribution in [2.75, 3.05) is 0 Å². The van der Waals surface area contributed by atoms with E-state index in [1.165, 1.54) is 17.6 Å². The van der Waals surface area contributed by atoms with E-state index >= 15 is 0 Å². The number of carbonyl (C=O) groups excluding carboxylic acids is 1. The van der Waals surface area contributed by atoms with E-state index in [1.807, 2.05) is 17.5 Å². The molecular formula is C10H12O3S. The molecule has 1 rings (SSSR count). The largest absolute Gasteiger partial charge is 0.463 e. The fourth-order valence-corrected chi connectivity index (χ4v) is 1.64. The Morgan fingerprint density at radius 3 is 3.14 bits per heavy atom. The summed E-state index contributed by atoms with van der Waals surface area (Å²) in [6.45, 7) is 5.02. The van der Waals surface area contributed by atoms with Gasteiger partial charge in [-0.25, -0.2) is 0 Å². The average Bonchev–Trinajstić information content (AvgIpc) is 2.56. The molecule has 0 bridgehead atoms. The summed E-state index contributed by atoms with van der Waals surface area (Å²) in [6.07, 6.45) is 0.978. The minimum Gasteiger partial charge on any atom is -0.463 e. The molecule has 1 atom stereocenters. The number of hydrogen-bond acceptors (Lipinski definition) is 4. The van der Waals surface area contributed by atoms with Crippen LogP contribution in [-0.4, -0.2) is 12.3 Å². The monoisotopic (exact) mass is 212 g/mol. The molecular weight excluding hydrogens is 200 g/mol. The Morgan fingerprint density at radius 2 is 2.57 bits per heavy atom. The van der Waals surface area contributed by atoms with Crippen LogP contribution in [0.25, 0.3) is 0 Å². The van der Waals surface area contributed by atoms with Gasteiger partial charge in [0, 0.05) is 11.8 Å². The van der Waals surface area contributed by atoms with Gasteiger partial charge in [0.2, 0.25) is 6.29 Å². The highest BCUT2D eigenvalue weighted by Crippen LogP contribution is 2.10. The summed E-state index contributed by atoms with van der Waals surface area (Å²) in [4.78, 5) is 12.3. The lowest BCUT2D eigenvalue weighted by molar-refractivity contribution is -0.164. The van der Waals surface area contributed by atoms with Crippen LogP contribution in [0, 0.1) is 0 Å². The van der Waals surface area contributed by atoms with Crippen molar-refractivity contribution >= 4 is 17.3 Å². The molecule has 0 aliphatic carbocycles. The summed E-state index contributed by atoms with van der Waals surface area (Å²) < 4.78 is 9.79. The van der Waals surface area contributed by atoms with Crippen LogP contribution in [0.1, 0.15) is 11.8 Å². The molecule has 1 heterocycles. The molecule has 0 amide bonds. The van der Waals surface area contributed by atoms with Crippen molar-refractivity contribution in [1.29, 1.82) is 0 Å². The van der Waals surface area contributed by atoms with Crippen molar-refractivity contribution in [3.8, 4) is 0 Å². The van der Waals surface area contributed by atoms with E-state index in [0.29, 0.717) is 6.42 Å². The van der Waals surface area contributed by atoms with Crippen molar-refractivity contribution in [3.63, 3.8) is 0 Å². The minimum atomic E-state index is -0.569. The molecule has 76 valence electrons. The van der Waals surface area contributed by atoms with Gasteiger partial charge in [-0.1, -0.05) is 12.6 Å². The first-order valence-corrected chi connectivity index (χ1v) is 5.08. The summed E-state index contributed by atoms with van der Waals surface area (Å²) >= 11 is 1.53. The molecule has 0 spiro atoms. The molecule has 0 saturated heterocycles. The summed E-state index contributed by atoms with van der Waals surface area (Å²) in [7, 11) is 0. The third kappa shape index (κ3) is 3.62. The first kappa shape index (κ1) is 10.8. The van der Waals surface area contributed by atoms with Gasteiger partial charge in [0.1, 0.15) is 0 Å². The Morgan fingerprint density at radius 1 is 1.79 bits per heavy atom. The van der Waals surface area contributed by atoms with Crippen LogP contribution in [-0.2, 0) is 20.7 Å². The van der Waals surface area contributed by atoms with Crippen LogP contribution in [0.2, 0.25) is 0 Å². The van der Waals surface area contributed by atoms with Crippen molar-refractivity contribution in [3.05, 3.63) is 35.2 Å². The highest BCUT2D eigenvalue weighted by molar-refractivity contribution is 7.10. The Labute approximate surface area is 87.0 Å². The fourth-order valence-electron chi connectivity index (χ4n) is 0.945. The fraction of sp³-hybridized carbons (Fsp3) is 0.300. The minimum absolute atomic E-state index is 0.290. The zero-order chi connectivity index (χ0) is 10.4. The molecule has 4 heteroatoms. The molecule has 0 radical (unpaired) electrons. The third-order valence-corrected chi connectivity index (χ3v) is 2.36. The number of rotatable bonds is 5. The SMILES string of the molecule is C=COC(C)OC(=O)Cc1cccs1. The quantitative estimate of drug-likeness (QED) is 0.427. The van der Waals surface area contributed by atoms with Gasteiger partial charge in [0.15, 0.2) is 0 Å². The number of carbonyl (C=O) groups is 1. The van der Waals surface area contributed by atoms with Gasteiger partial charge in [-0.3, -0.25) is 4.79 Å². The molecule has 0 aliphatic rings. The van der Waals surface area contributed by atoms with Gasteiger partial charge >= 0.3 is 5.97 Å². The number of hydrogen-bond donors (Lipinski definition) is 0. The van der Waals surface area contributed by atoms with Crippen LogP contribution in [0.3, 0.4) is 0 Å². The van der Waals surface area contributed by atoms with Crippen LogP contribution >= 0.6 is 11.3 Å². The second-order valence-corrected chi connectivity index (χ2v) is 3.65. The zero-order valence-electron chi connectivity index (χ0n) is 7.93. The van der Waals surface area contributed by atoms with Crippen LogP contribution < -0.4 is 0 Å². The maximum atomic E-state index is 11.3. The maximum Gasteiger partial charge on any atom is 0.314 e. The highest BCUT2D eigenvalue weighted by atomic mass is 32.1. The highest BCUT2D eigenvalue weighted by Gasteiger charge is 2.09. The molecule has 1 unspecified atom stereocenters. The van der Waals surface area contributed by atoms with Crippen LogP contribution in [0.15, 0.2) is 30.4 Å². The lowest BCUT2D eigenvalue weighted by atomic mass is 10.3. The van der Waals surface area contributed by atoms with Crippen molar-refractivity contribution in [2.45, 2.75) is 19.6 Å². The standard InChI is InChI=1S/C10H12O3S/c1-3-12-8(2)13-10(11)7-9-5-4-6-14-9/h3-6,8H,1,7H2,2H3. The van der Waals surface area contributed by atoms with E-state index in [-0.39, 0.29) is 5.97 Å². The molecule has 0 saturated carbocycles. The van der Waals surface area contributed by atoms with Gasteiger partial charge in [0.25, 0.3) is 0 Å². The maximum absolute atomic E-state index is 11.3. The van der Waals surface area contributed by atoms with Gasteiger partial charge in [-0.15, -0.1) is 11.3 Å². The predicted octanol–water partition coefficient (Wildman–Crippen LogP) is 2.34. The molecule has 3 nitrogen and oxygen atoms in total. The van der Waals surface area contributed by atoms with Crippen LogP contribution in [0.4, 0.5) is 0 Å². The molecule has 14 heavy (non-hydrogen) atoms. The smallest absolute Gasteiger partial charge is 0.314 e. The normalized spacial score (nSPS) is 11.8. The number of esters is 1. The van der Waals surface area contributed by atoms with E-state index in [0.717, 1.165) is 4.88 Å². The second kappa shape index (κ2) is 5.44. The summed E-state index contributed by atoms with van der Waals surface area (Å²) in [6, 6.07) is 3.79. The Hall–Kier alpha value is -1.29. The van der Waals surface area contributed by atoms with E-state index in [4.69, 9.17) is 9.47 Å². The van der Waals surface area contributed by atoms with Gasteiger partial charge < -0.3 is 9.47 Å². The predicted molar refractivity (Wildman–Crippen MR) is 54.9 cm³/mol. The van der Waals surface area contributed by atoms with Gasteiger partial charge in [-0.2, -0.15) is 0 Å². The topological polar surface area (TPSA) is 35.5 Å². The Bertz CT molecular complexity index is 292. The average molecular weight is 212 g/mol. The first-order valence-electron chi connectivity index (χ1n) is 4.20. The van der Waals surface area contributed by atoms with E-state index in [9.17, 15) is 4.79 Å². The van der Waals surface area contributed by atoms with Crippen molar-refractivity contribution in [1.82, 2.24) is 0 Å². The molecule has 0 aliphatic heterocycles. The van der Waals surface area contributed by atoms with Crippen molar-refractivity contribution < 1.29 is 14.3 Å². The summed E-state index contributed by atoms with van der Waals surface area (Å²) in [5.41, 5.74) is 0. The Kier molecular flexibility index (Phi) is 4.19.